The third-order valence-corrected chi connectivity index (χ3v) is 4.79. The van der Waals surface area contributed by atoms with E-state index in [-0.39, 0.29) is 5.91 Å². The van der Waals surface area contributed by atoms with E-state index in [1.54, 1.807) is 0 Å². The minimum atomic E-state index is -0.637. The molecular weight excluding hydrogens is 308 g/mol. The number of nitrogens with one attached hydrogen (secondary N) is 3. The first-order valence-electron chi connectivity index (χ1n) is 8.22. The highest BCUT2D eigenvalue weighted by molar-refractivity contribution is 6.05. The second kappa shape index (κ2) is 5.79. The number of imide groups is 1. The standard InChI is InChI=1S/C16H20N6O2/c1-2-21-5-7-22(8-6-21)14-11-9-10(3-4-12(11)19-20-14)13-15(23)18-16(24)17-13/h3-4,9,13H,2,5-8H2,1H3,(H,19,20)(H2,17,18,23,24). The minimum absolute atomic E-state index is 0.319. The summed E-state index contributed by atoms with van der Waals surface area (Å²) >= 11 is 0. The Labute approximate surface area is 139 Å². The number of aromatic amines is 1. The molecule has 0 spiro atoms. The summed E-state index contributed by atoms with van der Waals surface area (Å²) in [6, 6.07) is 4.60. The first kappa shape index (κ1) is 14.9. The molecule has 126 valence electrons. The molecule has 3 heterocycles. The van der Waals surface area contributed by atoms with E-state index < -0.39 is 12.1 Å². The molecule has 0 radical (unpaired) electrons. The Morgan fingerprint density at radius 1 is 1.21 bits per heavy atom. The van der Waals surface area contributed by atoms with Crippen molar-refractivity contribution in [2.45, 2.75) is 13.0 Å². The van der Waals surface area contributed by atoms with Gasteiger partial charge in [-0.2, -0.15) is 5.10 Å². The highest BCUT2D eigenvalue weighted by Crippen LogP contribution is 2.28. The number of piperazine rings is 1. The molecule has 0 saturated carbocycles. The molecule has 3 amide bonds. The molecule has 2 aliphatic rings. The molecule has 8 heteroatoms. The Morgan fingerprint density at radius 2 is 2.00 bits per heavy atom. The van der Waals surface area contributed by atoms with Crippen LogP contribution in [0.15, 0.2) is 18.2 Å². The monoisotopic (exact) mass is 328 g/mol. The predicted octanol–water partition coefficient (Wildman–Crippen LogP) is 0.585. The topological polar surface area (TPSA) is 93.4 Å². The zero-order valence-electron chi connectivity index (χ0n) is 13.5. The van der Waals surface area contributed by atoms with Crippen molar-refractivity contribution >= 4 is 28.7 Å². The van der Waals surface area contributed by atoms with Gasteiger partial charge < -0.3 is 15.1 Å². The second-order valence-electron chi connectivity index (χ2n) is 6.17. The largest absolute Gasteiger partial charge is 0.352 e. The second-order valence-corrected chi connectivity index (χ2v) is 6.17. The maximum absolute atomic E-state index is 11.9. The summed E-state index contributed by atoms with van der Waals surface area (Å²) in [5, 5.41) is 13.4. The van der Waals surface area contributed by atoms with Gasteiger partial charge in [-0.05, 0) is 24.2 Å². The number of nitrogens with zero attached hydrogens (tertiary/aromatic N) is 3. The van der Waals surface area contributed by atoms with Crippen LogP contribution in [0.3, 0.4) is 0 Å². The Bertz CT molecular complexity index is 793. The Morgan fingerprint density at radius 3 is 2.67 bits per heavy atom. The summed E-state index contributed by atoms with van der Waals surface area (Å²) in [7, 11) is 0. The van der Waals surface area contributed by atoms with Crippen molar-refractivity contribution in [2.24, 2.45) is 0 Å². The van der Waals surface area contributed by atoms with E-state index in [1.165, 1.54) is 0 Å². The van der Waals surface area contributed by atoms with Crippen LogP contribution in [-0.2, 0) is 4.79 Å². The van der Waals surface area contributed by atoms with Crippen LogP contribution >= 0.6 is 0 Å². The molecule has 1 aromatic heterocycles. The van der Waals surface area contributed by atoms with E-state index in [2.05, 4.69) is 37.6 Å². The van der Waals surface area contributed by atoms with Crippen LogP contribution in [0.2, 0.25) is 0 Å². The fraction of sp³-hybridized carbons (Fsp3) is 0.438. The van der Waals surface area contributed by atoms with Gasteiger partial charge in [0.15, 0.2) is 5.82 Å². The number of benzene rings is 1. The molecule has 0 bridgehead atoms. The van der Waals surface area contributed by atoms with Crippen molar-refractivity contribution in [3.63, 3.8) is 0 Å². The summed E-state index contributed by atoms with van der Waals surface area (Å²) in [4.78, 5) is 27.9. The van der Waals surface area contributed by atoms with E-state index in [9.17, 15) is 9.59 Å². The number of carbonyl (C=O) groups is 2. The third kappa shape index (κ3) is 2.48. The summed E-state index contributed by atoms with van der Waals surface area (Å²) in [6.07, 6.45) is 0. The predicted molar refractivity (Wildman–Crippen MR) is 89.8 cm³/mol. The molecule has 1 atom stereocenters. The highest BCUT2D eigenvalue weighted by atomic mass is 16.2. The lowest BCUT2D eigenvalue weighted by Crippen LogP contribution is -2.46. The third-order valence-electron chi connectivity index (χ3n) is 4.79. The van der Waals surface area contributed by atoms with E-state index >= 15 is 0 Å². The molecular formula is C16H20N6O2. The van der Waals surface area contributed by atoms with Crippen molar-refractivity contribution in [3.8, 4) is 0 Å². The van der Waals surface area contributed by atoms with Gasteiger partial charge in [0.1, 0.15) is 6.04 Å². The van der Waals surface area contributed by atoms with Crippen molar-refractivity contribution < 1.29 is 9.59 Å². The average Bonchev–Trinajstić information content (AvgIpc) is 3.17. The number of urea groups is 1. The molecule has 1 unspecified atom stereocenters. The van der Waals surface area contributed by atoms with Crippen molar-refractivity contribution in [2.75, 3.05) is 37.6 Å². The van der Waals surface area contributed by atoms with Gasteiger partial charge >= 0.3 is 6.03 Å². The van der Waals surface area contributed by atoms with Crippen LogP contribution < -0.4 is 15.5 Å². The molecule has 8 nitrogen and oxygen atoms in total. The van der Waals surface area contributed by atoms with Crippen LogP contribution in [0.25, 0.3) is 10.9 Å². The zero-order chi connectivity index (χ0) is 16.7. The number of H-pyrrole nitrogens is 1. The van der Waals surface area contributed by atoms with E-state index in [4.69, 9.17) is 0 Å². The number of rotatable bonds is 3. The number of likely N-dealkylation sites (N-methyl/N-ethyl adjacent to an activating group) is 1. The Hall–Kier alpha value is -2.61. The fourth-order valence-corrected chi connectivity index (χ4v) is 3.37. The lowest BCUT2D eigenvalue weighted by atomic mass is 10.0. The van der Waals surface area contributed by atoms with Gasteiger partial charge in [-0.15, -0.1) is 0 Å². The summed E-state index contributed by atoms with van der Waals surface area (Å²) < 4.78 is 0. The van der Waals surface area contributed by atoms with Gasteiger partial charge in [0.25, 0.3) is 5.91 Å². The molecule has 2 fully saturated rings. The van der Waals surface area contributed by atoms with Crippen LogP contribution in [-0.4, -0.2) is 59.8 Å². The molecule has 3 N–H and O–H groups in total. The van der Waals surface area contributed by atoms with Gasteiger partial charge in [0, 0.05) is 31.6 Å². The number of fused-ring (bicyclic) bond motifs is 1. The quantitative estimate of drug-likeness (QED) is 0.717. The molecule has 2 aliphatic heterocycles. The Kier molecular flexibility index (Phi) is 3.61. The minimum Gasteiger partial charge on any atom is -0.352 e. The number of amides is 3. The molecule has 2 saturated heterocycles. The van der Waals surface area contributed by atoms with Gasteiger partial charge in [0.05, 0.1) is 5.52 Å². The summed E-state index contributed by atoms with van der Waals surface area (Å²) in [6.45, 7) is 7.14. The molecule has 24 heavy (non-hydrogen) atoms. The van der Waals surface area contributed by atoms with Gasteiger partial charge in [-0.1, -0.05) is 13.0 Å². The Balaban J connectivity index is 1.64. The number of aromatic nitrogens is 2. The van der Waals surface area contributed by atoms with Crippen molar-refractivity contribution in [1.82, 2.24) is 25.7 Å². The summed E-state index contributed by atoms with van der Waals surface area (Å²) in [5.74, 6) is 0.591. The number of carbonyl (C=O) groups excluding carboxylic acids is 2. The van der Waals surface area contributed by atoms with Crippen LogP contribution in [0.1, 0.15) is 18.5 Å². The average molecular weight is 328 g/mol. The maximum Gasteiger partial charge on any atom is 0.322 e. The van der Waals surface area contributed by atoms with Crippen molar-refractivity contribution in [3.05, 3.63) is 23.8 Å². The molecule has 1 aromatic carbocycles. The number of hydrogen-bond acceptors (Lipinski definition) is 5. The molecule has 2 aromatic rings. The fourth-order valence-electron chi connectivity index (χ4n) is 3.37. The van der Waals surface area contributed by atoms with Crippen LogP contribution in [0.5, 0.6) is 0 Å². The lowest BCUT2D eigenvalue weighted by molar-refractivity contribution is -0.120. The molecule has 4 rings (SSSR count). The van der Waals surface area contributed by atoms with Crippen LogP contribution in [0, 0.1) is 0 Å². The lowest BCUT2D eigenvalue weighted by Gasteiger charge is -2.34. The SMILES string of the molecule is CCN1CCN(c2n[nH]c3ccc(C4NC(=O)NC4=O)cc23)CC1. The first-order chi connectivity index (χ1) is 11.7. The zero-order valence-corrected chi connectivity index (χ0v) is 13.5. The van der Waals surface area contributed by atoms with Gasteiger partial charge in [-0.25, -0.2) is 4.79 Å². The van der Waals surface area contributed by atoms with Gasteiger partial charge in [-0.3, -0.25) is 15.2 Å². The number of hydrogen-bond donors (Lipinski definition) is 3. The smallest absolute Gasteiger partial charge is 0.322 e. The van der Waals surface area contributed by atoms with E-state index in [0.29, 0.717) is 0 Å². The number of anilines is 1. The maximum atomic E-state index is 11.9. The van der Waals surface area contributed by atoms with Crippen molar-refractivity contribution in [1.29, 1.82) is 0 Å². The normalized spacial score (nSPS) is 22.0. The summed E-state index contributed by atoms with van der Waals surface area (Å²) in [5.41, 5.74) is 1.69. The van der Waals surface area contributed by atoms with Gasteiger partial charge in [0.2, 0.25) is 0 Å². The van der Waals surface area contributed by atoms with Crippen LogP contribution in [0.4, 0.5) is 10.6 Å². The van der Waals surface area contributed by atoms with E-state index in [0.717, 1.165) is 55.0 Å². The molecule has 0 aliphatic carbocycles. The van der Waals surface area contributed by atoms with E-state index in [1.807, 2.05) is 18.2 Å². The highest BCUT2D eigenvalue weighted by Gasteiger charge is 2.31. The first-order valence-corrected chi connectivity index (χ1v) is 8.22.